The Morgan fingerprint density at radius 1 is 0.906 bits per heavy atom. The number of piperazine rings is 1. The van der Waals surface area contributed by atoms with Gasteiger partial charge in [-0.25, -0.2) is 4.79 Å². The molecule has 4 rings (SSSR count). The van der Waals surface area contributed by atoms with Crippen LogP contribution in [-0.2, 0) is 19.6 Å². The SMILES string of the molecule is CC(C)c1cc(C(=O)N2Cc3ccc(CN4CCN(C(=O)O)CC4)cc3C2)c(O)cc1O. The molecule has 3 N–H and O–H groups in total. The maximum Gasteiger partial charge on any atom is 0.407 e. The Kier molecular flexibility index (Phi) is 5.97. The number of amides is 2. The van der Waals surface area contributed by atoms with Gasteiger partial charge >= 0.3 is 6.09 Å². The minimum absolute atomic E-state index is 0.00686. The minimum Gasteiger partial charge on any atom is -0.508 e. The van der Waals surface area contributed by atoms with Gasteiger partial charge in [-0.3, -0.25) is 9.69 Å². The highest BCUT2D eigenvalue weighted by molar-refractivity contribution is 5.97. The molecule has 32 heavy (non-hydrogen) atoms. The Bertz CT molecular complexity index is 1040. The van der Waals surface area contributed by atoms with Crippen molar-refractivity contribution in [1.82, 2.24) is 14.7 Å². The number of fused-ring (bicyclic) bond motifs is 1. The van der Waals surface area contributed by atoms with Crippen LogP contribution in [0.15, 0.2) is 30.3 Å². The van der Waals surface area contributed by atoms with Crippen molar-refractivity contribution in [2.75, 3.05) is 26.2 Å². The molecule has 0 bridgehead atoms. The topological polar surface area (TPSA) is 105 Å². The van der Waals surface area contributed by atoms with Crippen molar-refractivity contribution >= 4 is 12.0 Å². The third kappa shape index (κ3) is 4.36. The lowest BCUT2D eigenvalue weighted by atomic mass is 9.98. The van der Waals surface area contributed by atoms with Gasteiger partial charge in [0.2, 0.25) is 0 Å². The highest BCUT2D eigenvalue weighted by atomic mass is 16.4. The zero-order valence-electron chi connectivity index (χ0n) is 18.4. The number of phenols is 2. The fraction of sp³-hybridized carbons (Fsp3) is 0.417. The van der Waals surface area contributed by atoms with Crippen LogP contribution in [0.5, 0.6) is 11.5 Å². The predicted molar refractivity (Wildman–Crippen MR) is 119 cm³/mol. The number of carboxylic acid groups (broad SMARTS) is 1. The van der Waals surface area contributed by atoms with Gasteiger partial charge in [0.05, 0.1) is 5.56 Å². The van der Waals surface area contributed by atoms with Crippen LogP contribution in [0.25, 0.3) is 0 Å². The maximum absolute atomic E-state index is 13.1. The minimum atomic E-state index is -0.868. The Labute approximate surface area is 187 Å². The molecule has 0 spiro atoms. The van der Waals surface area contributed by atoms with Gasteiger partial charge in [0.25, 0.3) is 5.91 Å². The summed E-state index contributed by atoms with van der Waals surface area (Å²) in [6.45, 7) is 7.96. The lowest BCUT2D eigenvalue weighted by Gasteiger charge is -2.33. The van der Waals surface area contributed by atoms with E-state index in [9.17, 15) is 19.8 Å². The van der Waals surface area contributed by atoms with Crippen LogP contribution in [0.1, 0.15) is 52.4 Å². The van der Waals surface area contributed by atoms with Gasteiger partial charge in [0.1, 0.15) is 11.5 Å². The molecular formula is C24H29N3O5. The first-order valence-electron chi connectivity index (χ1n) is 10.9. The first-order chi connectivity index (χ1) is 15.2. The molecule has 8 nitrogen and oxygen atoms in total. The second kappa shape index (κ2) is 8.70. The number of hydrogen-bond donors (Lipinski definition) is 3. The van der Waals surface area contributed by atoms with Crippen LogP contribution in [0.2, 0.25) is 0 Å². The number of aromatic hydroxyl groups is 2. The molecular weight excluding hydrogens is 410 g/mol. The number of carbonyl (C=O) groups is 2. The Morgan fingerprint density at radius 2 is 1.59 bits per heavy atom. The van der Waals surface area contributed by atoms with E-state index in [2.05, 4.69) is 17.0 Å². The summed E-state index contributed by atoms with van der Waals surface area (Å²) in [5, 5.41) is 29.4. The fourth-order valence-corrected chi connectivity index (χ4v) is 4.44. The summed E-state index contributed by atoms with van der Waals surface area (Å²) in [6, 6.07) is 9.05. The van der Waals surface area contributed by atoms with Crippen molar-refractivity contribution in [2.45, 2.75) is 39.4 Å². The number of carbonyl (C=O) groups excluding carboxylic acids is 1. The molecule has 1 fully saturated rings. The first kappa shape index (κ1) is 22.0. The third-order valence-electron chi connectivity index (χ3n) is 6.33. The molecule has 2 heterocycles. The highest BCUT2D eigenvalue weighted by Gasteiger charge is 2.28. The van der Waals surface area contributed by atoms with E-state index < -0.39 is 6.09 Å². The van der Waals surface area contributed by atoms with Crippen LogP contribution < -0.4 is 0 Å². The van der Waals surface area contributed by atoms with E-state index in [1.807, 2.05) is 19.9 Å². The second-order valence-corrected chi connectivity index (χ2v) is 8.89. The summed E-state index contributed by atoms with van der Waals surface area (Å²) >= 11 is 0. The van der Waals surface area contributed by atoms with Crippen molar-refractivity contribution in [3.8, 4) is 11.5 Å². The average Bonchev–Trinajstić information content (AvgIpc) is 3.17. The average molecular weight is 440 g/mol. The van der Waals surface area contributed by atoms with Gasteiger partial charge in [0.15, 0.2) is 0 Å². The second-order valence-electron chi connectivity index (χ2n) is 8.89. The predicted octanol–water partition coefficient (Wildman–Crippen LogP) is 3.17. The van der Waals surface area contributed by atoms with Crippen LogP contribution in [-0.4, -0.2) is 68.2 Å². The van der Waals surface area contributed by atoms with Crippen LogP contribution in [0, 0.1) is 0 Å². The number of phenolic OH excluding ortho intramolecular Hbond substituents is 2. The van der Waals surface area contributed by atoms with Crippen LogP contribution >= 0.6 is 0 Å². The molecule has 0 unspecified atom stereocenters. The summed E-state index contributed by atoms with van der Waals surface area (Å²) in [6.07, 6.45) is -0.868. The van der Waals surface area contributed by atoms with Crippen molar-refractivity contribution < 1.29 is 24.9 Å². The van der Waals surface area contributed by atoms with Crippen molar-refractivity contribution in [3.63, 3.8) is 0 Å². The largest absolute Gasteiger partial charge is 0.508 e. The highest BCUT2D eigenvalue weighted by Crippen LogP contribution is 2.34. The number of nitrogens with zero attached hydrogens (tertiary/aromatic N) is 3. The van der Waals surface area contributed by atoms with E-state index in [1.54, 1.807) is 11.0 Å². The van der Waals surface area contributed by atoms with Gasteiger partial charge in [-0.2, -0.15) is 0 Å². The van der Waals surface area contributed by atoms with Crippen LogP contribution in [0.4, 0.5) is 4.79 Å². The van der Waals surface area contributed by atoms with Gasteiger partial charge in [-0.1, -0.05) is 32.0 Å². The van der Waals surface area contributed by atoms with Crippen molar-refractivity contribution in [3.05, 3.63) is 58.1 Å². The summed E-state index contributed by atoms with van der Waals surface area (Å²) in [5.74, 6) is -0.452. The molecule has 2 aliphatic rings. The Balaban J connectivity index is 1.44. The number of rotatable bonds is 4. The first-order valence-corrected chi connectivity index (χ1v) is 10.9. The van der Waals surface area contributed by atoms with E-state index in [-0.39, 0.29) is 28.9 Å². The van der Waals surface area contributed by atoms with E-state index >= 15 is 0 Å². The zero-order chi connectivity index (χ0) is 23.0. The molecule has 0 aliphatic carbocycles. The Morgan fingerprint density at radius 3 is 2.25 bits per heavy atom. The normalized spacial score (nSPS) is 16.5. The third-order valence-corrected chi connectivity index (χ3v) is 6.33. The zero-order valence-corrected chi connectivity index (χ0v) is 18.4. The van der Waals surface area contributed by atoms with Gasteiger partial charge in [-0.15, -0.1) is 0 Å². The van der Waals surface area contributed by atoms with Crippen molar-refractivity contribution in [1.29, 1.82) is 0 Å². The van der Waals surface area contributed by atoms with Crippen molar-refractivity contribution in [2.24, 2.45) is 0 Å². The molecule has 2 aromatic carbocycles. The molecule has 2 amide bonds. The molecule has 2 aromatic rings. The maximum atomic E-state index is 13.1. The number of hydrogen-bond acceptors (Lipinski definition) is 5. The number of benzene rings is 2. The Hall–Kier alpha value is -3.26. The molecule has 0 saturated carbocycles. The van der Waals surface area contributed by atoms with E-state index in [0.717, 1.165) is 23.2 Å². The molecule has 0 aromatic heterocycles. The van der Waals surface area contributed by atoms with E-state index in [0.29, 0.717) is 44.8 Å². The van der Waals surface area contributed by atoms with Crippen LogP contribution in [0.3, 0.4) is 0 Å². The van der Waals surface area contributed by atoms with E-state index in [4.69, 9.17) is 5.11 Å². The standard InChI is InChI=1S/C24H29N3O5/c1-15(2)19-10-20(22(29)11-21(19)28)23(30)27-13-17-4-3-16(9-18(17)14-27)12-25-5-7-26(8-6-25)24(31)32/h3-4,9-11,15,28-29H,5-8,12-14H2,1-2H3,(H,31,32). The fourth-order valence-electron chi connectivity index (χ4n) is 4.44. The monoisotopic (exact) mass is 439 g/mol. The van der Waals surface area contributed by atoms with Gasteiger partial charge in [-0.05, 0) is 34.2 Å². The van der Waals surface area contributed by atoms with E-state index in [1.165, 1.54) is 11.0 Å². The quantitative estimate of drug-likeness (QED) is 0.676. The lowest BCUT2D eigenvalue weighted by Crippen LogP contribution is -2.47. The lowest BCUT2D eigenvalue weighted by molar-refractivity contribution is 0.0748. The molecule has 0 atom stereocenters. The summed E-state index contributed by atoms with van der Waals surface area (Å²) in [5.41, 5.74) is 4.14. The summed E-state index contributed by atoms with van der Waals surface area (Å²) < 4.78 is 0. The van der Waals surface area contributed by atoms with Gasteiger partial charge < -0.3 is 25.1 Å². The summed E-state index contributed by atoms with van der Waals surface area (Å²) in [7, 11) is 0. The summed E-state index contributed by atoms with van der Waals surface area (Å²) in [4.78, 5) is 29.6. The smallest absolute Gasteiger partial charge is 0.407 e. The molecule has 0 radical (unpaired) electrons. The molecule has 8 heteroatoms. The molecule has 170 valence electrons. The van der Waals surface area contributed by atoms with Gasteiger partial charge in [0, 0.05) is 51.9 Å². The molecule has 2 aliphatic heterocycles. The molecule has 1 saturated heterocycles.